The van der Waals surface area contributed by atoms with Crippen LogP contribution in [0.25, 0.3) is 0 Å². The first-order valence-electron chi connectivity index (χ1n) is 14.1. The van der Waals surface area contributed by atoms with Gasteiger partial charge in [0.05, 0.1) is 55.8 Å². The second-order valence-electron chi connectivity index (χ2n) is 11.3. The first-order valence-corrected chi connectivity index (χ1v) is 14.1. The van der Waals surface area contributed by atoms with Crippen molar-refractivity contribution in [2.45, 2.75) is 104 Å². The molecule has 2 aliphatic heterocycles. The van der Waals surface area contributed by atoms with E-state index in [4.69, 9.17) is 42.3 Å². The van der Waals surface area contributed by atoms with Gasteiger partial charge in [-0.25, -0.2) is 0 Å². The molecule has 0 aromatic rings. The number of rotatable bonds is 12. The van der Waals surface area contributed by atoms with E-state index in [1.54, 1.807) is 0 Å². The number of hydrogen-bond donors (Lipinski definition) is 14. The molecular formula is C24H48N6O12. The van der Waals surface area contributed by atoms with Gasteiger partial charge < -0.3 is 88.6 Å². The molecule has 246 valence electrons. The van der Waals surface area contributed by atoms with Gasteiger partial charge >= 0.3 is 0 Å². The number of carbonyl (C=O) groups excluding carboxylic acids is 1. The first-order chi connectivity index (χ1) is 19.8. The summed E-state index contributed by atoms with van der Waals surface area (Å²) in [6.07, 6.45) is -13.9. The fourth-order valence-corrected chi connectivity index (χ4v) is 5.79. The van der Waals surface area contributed by atoms with Crippen molar-refractivity contribution >= 4 is 5.91 Å². The van der Waals surface area contributed by atoms with Crippen LogP contribution in [0.2, 0.25) is 0 Å². The molecule has 1 saturated carbocycles. The lowest BCUT2D eigenvalue weighted by Gasteiger charge is -2.51. The third-order valence-corrected chi connectivity index (χ3v) is 8.24. The number of carbonyl (C=O) groups is 1. The Balaban J connectivity index is 1.84. The lowest BCUT2D eigenvalue weighted by Crippen LogP contribution is -2.70. The minimum absolute atomic E-state index is 0.0168. The van der Waals surface area contributed by atoms with E-state index >= 15 is 0 Å². The van der Waals surface area contributed by atoms with E-state index in [0.29, 0.717) is 0 Å². The number of ether oxygens (including phenoxy) is 3. The molecule has 0 radical (unpaired) electrons. The van der Waals surface area contributed by atoms with Crippen LogP contribution in [0, 0.1) is 5.92 Å². The second-order valence-corrected chi connectivity index (χ2v) is 11.3. The molecule has 3 fully saturated rings. The summed E-state index contributed by atoms with van der Waals surface area (Å²) in [7, 11) is 0. The van der Waals surface area contributed by atoms with Gasteiger partial charge in [0.1, 0.15) is 30.5 Å². The van der Waals surface area contributed by atoms with Crippen LogP contribution in [-0.4, -0.2) is 171 Å². The number of nitrogens with two attached hydrogens (primary N) is 4. The average molecular weight is 613 g/mol. The van der Waals surface area contributed by atoms with Gasteiger partial charge in [0.2, 0.25) is 5.91 Å². The van der Waals surface area contributed by atoms with E-state index in [2.05, 4.69) is 10.6 Å². The molecule has 16 atom stereocenters. The zero-order chi connectivity index (χ0) is 31.3. The Bertz CT molecular complexity index is 850. The molecule has 2 unspecified atom stereocenters. The van der Waals surface area contributed by atoms with Gasteiger partial charge in [-0.1, -0.05) is 0 Å². The van der Waals surface area contributed by atoms with Gasteiger partial charge in [-0.05, 0) is 12.8 Å². The zero-order valence-corrected chi connectivity index (χ0v) is 23.2. The fraction of sp³-hybridized carbons (Fsp3) is 0.958. The maximum atomic E-state index is 12.5. The Kier molecular flexibility index (Phi) is 13.2. The van der Waals surface area contributed by atoms with Crippen molar-refractivity contribution in [2.24, 2.45) is 28.9 Å². The zero-order valence-electron chi connectivity index (χ0n) is 23.2. The van der Waals surface area contributed by atoms with E-state index in [0.717, 1.165) is 0 Å². The lowest BCUT2D eigenvalue weighted by molar-refractivity contribution is -0.306. The minimum atomic E-state index is -1.59. The van der Waals surface area contributed by atoms with Crippen LogP contribution in [0.15, 0.2) is 0 Å². The highest BCUT2D eigenvalue weighted by atomic mass is 16.7. The van der Waals surface area contributed by atoms with Crippen molar-refractivity contribution < 1.29 is 59.9 Å². The molecular weight excluding hydrogens is 564 g/mol. The number of aliphatic hydroxyl groups is 8. The number of nitrogens with one attached hydrogen (secondary N) is 2. The number of aliphatic hydroxyl groups excluding tert-OH is 8. The second kappa shape index (κ2) is 15.7. The molecule has 1 amide bonds. The molecule has 1 aliphatic carbocycles. The third-order valence-electron chi connectivity index (χ3n) is 8.24. The third kappa shape index (κ3) is 8.10. The monoisotopic (exact) mass is 612 g/mol. The maximum Gasteiger partial charge on any atom is 0.250 e. The highest BCUT2D eigenvalue weighted by molar-refractivity contribution is 5.81. The highest BCUT2D eigenvalue weighted by Gasteiger charge is 2.53. The van der Waals surface area contributed by atoms with E-state index in [9.17, 15) is 40.5 Å². The summed E-state index contributed by atoms with van der Waals surface area (Å²) in [6, 6.07) is -3.94. The average Bonchev–Trinajstić information content (AvgIpc) is 2.96. The van der Waals surface area contributed by atoms with Gasteiger partial charge in [0, 0.05) is 37.6 Å². The molecule has 42 heavy (non-hydrogen) atoms. The number of amides is 1. The van der Waals surface area contributed by atoms with Crippen LogP contribution >= 0.6 is 0 Å². The Hall–Kier alpha value is -1.17. The lowest BCUT2D eigenvalue weighted by atomic mass is 9.72. The molecule has 2 saturated heterocycles. The van der Waals surface area contributed by atoms with Gasteiger partial charge in [0.25, 0.3) is 0 Å². The topological polar surface area (TPSA) is 335 Å². The van der Waals surface area contributed by atoms with Crippen molar-refractivity contribution in [3.05, 3.63) is 0 Å². The van der Waals surface area contributed by atoms with E-state index in [1.807, 2.05) is 0 Å². The van der Waals surface area contributed by atoms with Gasteiger partial charge in [-0.3, -0.25) is 4.79 Å². The fourth-order valence-electron chi connectivity index (χ4n) is 5.79. The molecule has 0 spiro atoms. The van der Waals surface area contributed by atoms with Crippen LogP contribution in [0.5, 0.6) is 0 Å². The Morgan fingerprint density at radius 1 is 0.952 bits per heavy atom. The van der Waals surface area contributed by atoms with Crippen LogP contribution in [0.4, 0.5) is 0 Å². The molecule has 18 nitrogen and oxygen atoms in total. The van der Waals surface area contributed by atoms with Crippen molar-refractivity contribution in [3.8, 4) is 0 Å². The summed E-state index contributed by atoms with van der Waals surface area (Å²) in [5.74, 6) is -1.78. The molecule has 0 aromatic carbocycles. The maximum absolute atomic E-state index is 12.5. The molecule has 0 aromatic heterocycles. The Labute approximate surface area is 242 Å². The van der Waals surface area contributed by atoms with Crippen molar-refractivity contribution in [1.82, 2.24) is 10.6 Å². The quantitative estimate of drug-likeness (QED) is 0.0972. The Morgan fingerprint density at radius 3 is 2.26 bits per heavy atom. The van der Waals surface area contributed by atoms with Crippen molar-refractivity contribution in [3.63, 3.8) is 0 Å². The molecule has 0 bridgehead atoms. The van der Waals surface area contributed by atoms with Crippen LogP contribution in [-0.2, 0) is 19.0 Å². The minimum Gasteiger partial charge on any atom is -0.394 e. The summed E-state index contributed by atoms with van der Waals surface area (Å²) in [6.45, 7) is -1.37. The molecule has 18 heteroatoms. The van der Waals surface area contributed by atoms with Crippen LogP contribution in [0.3, 0.4) is 0 Å². The normalized spacial score (nSPS) is 44.4. The largest absolute Gasteiger partial charge is 0.394 e. The summed E-state index contributed by atoms with van der Waals surface area (Å²) < 4.78 is 17.6. The summed E-state index contributed by atoms with van der Waals surface area (Å²) in [5.41, 5.74) is 24.1. The van der Waals surface area contributed by atoms with E-state index in [-0.39, 0.29) is 32.5 Å². The smallest absolute Gasteiger partial charge is 0.250 e. The number of hydrogen-bond acceptors (Lipinski definition) is 17. The van der Waals surface area contributed by atoms with Crippen molar-refractivity contribution in [2.75, 3.05) is 32.8 Å². The van der Waals surface area contributed by atoms with E-state index < -0.39 is 117 Å². The molecule has 18 N–H and O–H groups in total. The van der Waals surface area contributed by atoms with E-state index in [1.165, 1.54) is 0 Å². The molecule has 2 heterocycles. The van der Waals surface area contributed by atoms with Crippen LogP contribution in [0.1, 0.15) is 12.8 Å². The molecule has 3 aliphatic rings. The van der Waals surface area contributed by atoms with Gasteiger partial charge in [-0.15, -0.1) is 0 Å². The summed E-state index contributed by atoms with van der Waals surface area (Å²) in [5, 5.41) is 86.7. The van der Waals surface area contributed by atoms with Gasteiger partial charge in [-0.2, -0.15) is 0 Å². The molecule has 3 rings (SSSR count). The summed E-state index contributed by atoms with van der Waals surface area (Å²) in [4.78, 5) is 12.5. The predicted octanol–water partition coefficient (Wildman–Crippen LogP) is -8.56. The summed E-state index contributed by atoms with van der Waals surface area (Å²) >= 11 is 0. The SMILES string of the molecule is NC[C@H](O)C(=O)N[C@@H]1C[C@H](N)C([C@H]2O[C@H](CNCC(O)CO)[C@@H](O)C[C@H]2N)[C@H](O)[C@H]1O[C@H]1O[C@H](CO)[C@@H](O)[C@H](N)[C@H]1O. The predicted molar refractivity (Wildman–Crippen MR) is 143 cm³/mol. The first kappa shape index (κ1) is 35.3. The van der Waals surface area contributed by atoms with Crippen LogP contribution < -0.4 is 33.6 Å². The van der Waals surface area contributed by atoms with Crippen molar-refractivity contribution in [1.29, 1.82) is 0 Å². The van der Waals surface area contributed by atoms with Gasteiger partial charge in [0.15, 0.2) is 6.29 Å². The highest BCUT2D eigenvalue weighted by Crippen LogP contribution is 2.36. The Morgan fingerprint density at radius 2 is 1.64 bits per heavy atom. The standard InChI is InChI=1S/C24H48N6O12/c25-3-13(35)23(39)30-11-1-9(26)16(21-10(27)2-12(34)14(40-21)5-29-4-8(33)6-31)19(37)22(11)42-24-20(38)17(28)18(36)15(7-32)41-24/h8-22,24,29,31-38H,1-7,25-28H2,(H,30,39)/t8?,9-,10+,11+,12-,13-,14+,15+,16?,17-,18+,19-,20+,21-,22-,24+/m0/s1.